The van der Waals surface area contributed by atoms with E-state index in [0.717, 1.165) is 5.56 Å². The molecule has 0 radical (unpaired) electrons. The first kappa shape index (κ1) is 15.7. The Morgan fingerprint density at radius 2 is 1.86 bits per heavy atom. The summed E-state index contributed by atoms with van der Waals surface area (Å²) in [4.78, 5) is 35.4. The standard InChI is InChI=1S/C15H14N2O4S/c1-10-5-2-3-6-11(10)15(20)21-9-13(18)16-17-14(19)12-7-4-8-22-12/h2-8H,9H2,1H3,(H,16,18)(H,17,19). The molecule has 7 heteroatoms. The molecule has 0 aliphatic heterocycles. The number of rotatable bonds is 4. The third kappa shape index (κ3) is 4.16. The fourth-order valence-corrected chi connectivity index (χ4v) is 2.26. The Morgan fingerprint density at radius 1 is 1.09 bits per heavy atom. The maximum atomic E-state index is 11.8. The highest BCUT2D eigenvalue weighted by molar-refractivity contribution is 7.12. The zero-order valence-electron chi connectivity index (χ0n) is 11.8. The van der Waals surface area contributed by atoms with Crippen LogP contribution < -0.4 is 10.9 Å². The minimum atomic E-state index is -0.619. The van der Waals surface area contributed by atoms with Gasteiger partial charge in [0.15, 0.2) is 6.61 Å². The molecule has 2 aromatic rings. The summed E-state index contributed by atoms with van der Waals surface area (Å²) in [6.07, 6.45) is 0. The normalized spacial score (nSPS) is 9.86. The second-order valence-corrected chi connectivity index (χ2v) is 5.32. The second kappa shape index (κ2) is 7.37. The summed E-state index contributed by atoms with van der Waals surface area (Å²) in [5, 5.41) is 1.75. The van der Waals surface area contributed by atoms with Gasteiger partial charge >= 0.3 is 5.97 Å². The number of carbonyl (C=O) groups excluding carboxylic acids is 3. The van der Waals surface area contributed by atoms with Crippen molar-refractivity contribution in [3.63, 3.8) is 0 Å². The van der Waals surface area contributed by atoms with Crippen molar-refractivity contribution in [1.29, 1.82) is 0 Å². The summed E-state index contributed by atoms with van der Waals surface area (Å²) in [6.45, 7) is 1.30. The van der Waals surface area contributed by atoms with Gasteiger partial charge in [0, 0.05) is 0 Å². The highest BCUT2D eigenvalue weighted by Crippen LogP contribution is 2.08. The third-order valence-electron chi connectivity index (χ3n) is 2.76. The number of thiophene rings is 1. The molecule has 22 heavy (non-hydrogen) atoms. The van der Waals surface area contributed by atoms with E-state index in [0.29, 0.717) is 10.4 Å². The van der Waals surface area contributed by atoms with Crippen molar-refractivity contribution in [2.75, 3.05) is 6.61 Å². The van der Waals surface area contributed by atoms with E-state index in [9.17, 15) is 14.4 Å². The van der Waals surface area contributed by atoms with Crippen LogP contribution in [-0.4, -0.2) is 24.4 Å². The van der Waals surface area contributed by atoms with Crippen LogP contribution in [0.25, 0.3) is 0 Å². The molecule has 0 aliphatic rings. The molecule has 0 spiro atoms. The molecule has 2 amide bonds. The summed E-state index contributed by atoms with van der Waals surface area (Å²) in [5.41, 5.74) is 5.59. The van der Waals surface area contributed by atoms with Crippen LogP contribution in [0.5, 0.6) is 0 Å². The summed E-state index contributed by atoms with van der Waals surface area (Å²) in [7, 11) is 0. The molecular formula is C15H14N2O4S. The van der Waals surface area contributed by atoms with Gasteiger partial charge in [-0.3, -0.25) is 20.4 Å². The molecule has 0 saturated carbocycles. The van der Waals surface area contributed by atoms with E-state index in [-0.39, 0.29) is 0 Å². The number of carbonyl (C=O) groups is 3. The summed E-state index contributed by atoms with van der Waals surface area (Å²) in [5.74, 6) is -1.63. The minimum Gasteiger partial charge on any atom is -0.452 e. The maximum absolute atomic E-state index is 11.8. The molecule has 1 aromatic carbocycles. The lowest BCUT2D eigenvalue weighted by Gasteiger charge is -2.08. The van der Waals surface area contributed by atoms with Crippen LogP contribution in [0.3, 0.4) is 0 Å². The van der Waals surface area contributed by atoms with Gasteiger partial charge in [-0.2, -0.15) is 0 Å². The smallest absolute Gasteiger partial charge is 0.338 e. The van der Waals surface area contributed by atoms with Crippen LogP contribution >= 0.6 is 11.3 Å². The molecule has 2 rings (SSSR count). The van der Waals surface area contributed by atoms with Crippen LogP contribution in [-0.2, 0) is 9.53 Å². The molecule has 0 atom stereocenters. The number of hydrazine groups is 1. The Labute approximate surface area is 131 Å². The lowest BCUT2D eigenvalue weighted by Crippen LogP contribution is -2.43. The van der Waals surface area contributed by atoms with Gasteiger partial charge < -0.3 is 4.74 Å². The van der Waals surface area contributed by atoms with Crippen LogP contribution in [0.4, 0.5) is 0 Å². The maximum Gasteiger partial charge on any atom is 0.338 e. The number of ether oxygens (including phenoxy) is 1. The molecule has 6 nitrogen and oxygen atoms in total. The van der Waals surface area contributed by atoms with Crippen molar-refractivity contribution in [3.05, 3.63) is 57.8 Å². The fraction of sp³-hybridized carbons (Fsp3) is 0.133. The van der Waals surface area contributed by atoms with E-state index in [4.69, 9.17) is 4.74 Å². The number of aryl methyl sites for hydroxylation is 1. The number of nitrogens with one attached hydrogen (secondary N) is 2. The first-order chi connectivity index (χ1) is 10.6. The van der Waals surface area contributed by atoms with Crippen molar-refractivity contribution in [3.8, 4) is 0 Å². The van der Waals surface area contributed by atoms with Gasteiger partial charge in [0.1, 0.15) is 0 Å². The van der Waals surface area contributed by atoms with E-state index in [1.54, 1.807) is 48.7 Å². The Hall–Kier alpha value is -2.67. The molecule has 0 unspecified atom stereocenters. The van der Waals surface area contributed by atoms with E-state index in [1.165, 1.54) is 11.3 Å². The molecule has 0 fully saturated rings. The average Bonchev–Trinajstić information content (AvgIpc) is 3.05. The van der Waals surface area contributed by atoms with Gasteiger partial charge in [0.25, 0.3) is 11.8 Å². The first-order valence-corrected chi connectivity index (χ1v) is 7.31. The van der Waals surface area contributed by atoms with Crippen molar-refractivity contribution in [1.82, 2.24) is 10.9 Å². The SMILES string of the molecule is Cc1ccccc1C(=O)OCC(=O)NNC(=O)c1cccs1. The summed E-state index contributed by atoms with van der Waals surface area (Å²) in [6, 6.07) is 10.3. The van der Waals surface area contributed by atoms with Crippen LogP contribution in [0, 0.1) is 6.92 Å². The van der Waals surface area contributed by atoms with Crippen molar-refractivity contribution < 1.29 is 19.1 Å². The van der Waals surface area contributed by atoms with E-state index in [1.807, 2.05) is 0 Å². The van der Waals surface area contributed by atoms with Crippen LogP contribution in [0.2, 0.25) is 0 Å². The Kier molecular flexibility index (Phi) is 5.26. The molecule has 0 saturated heterocycles. The molecular weight excluding hydrogens is 304 g/mol. The first-order valence-electron chi connectivity index (χ1n) is 6.43. The van der Waals surface area contributed by atoms with Gasteiger partial charge in [-0.15, -0.1) is 11.3 Å². The fourth-order valence-electron chi connectivity index (χ4n) is 1.64. The highest BCUT2D eigenvalue weighted by Gasteiger charge is 2.13. The zero-order valence-corrected chi connectivity index (χ0v) is 12.6. The Bertz CT molecular complexity index is 683. The summed E-state index contributed by atoms with van der Waals surface area (Å²) < 4.78 is 4.89. The van der Waals surface area contributed by atoms with Gasteiger partial charge in [-0.25, -0.2) is 4.79 Å². The Morgan fingerprint density at radius 3 is 2.55 bits per heavy atom. The van der Waals surface area contributed by atoms with Crippen molar-refractivity contribution in [2.24, 2.45) is 0 Å². The van der Waals surface area contributed by atoms with E-state index in [2.05, 4.69) is 10.9 Å². The molecule has 0 bridgehead atoms. The average molecular weight is 318 g/mol. The Balaban J connectivity index is 1.77. The predicted molar refractivity (Wildman–Crippen MR) is 81.4 cm³/mol. The number of hydrogen-bond acceptors (Lipinski definition) is 5. The molecule has 2 N–H and O–H groups in total. The molecule has 0 aliphatic carbocycles. The van der Waals surface area contributed by atoms with Crippen molar-refractivity contribution >= 4 is 29.1 Å². The number of amides is 2. The highest BCUT2D eigenvalue weighted by atomic mass is 32.1. The van der Waals surface area contributed by atoms with E-state index >= 15 is 0 Å². The molecule has 1 aromatic heterocycles. The van der Waals surface area contributed by atoms with Gasteiger partial charge in [-0.1, -0.05) is 24.3 Å². The van der Waals surface area contributed by atoms with Gasteiger partial charge in [0.05, 0.1) is 10.4 Å². The zero-order chi connectivity index (χ0) is 15.9. The summed E-state index contributed by atoms with van der Waals surface area (Å²) >= 11 is 1.25. The number of benzene rings is 1. The monoisotopic (exact) mass is 318 g/mol. The predicted octanol–water partition coefficient (Wildman–Crippen LogP) is 1.67. The van der Waals surface area contributed by atoms with E-state index < -0.39 is 24.4 Å². The van der Waals surface area contributed by atoms with Crippen LogP contribution in [0.1, 0.15) is 25.6 Å². The largest absolute Gasteiger partial charge is 0.452 e. The number of esters is 1. The third-order valence-corrected chi connectivity index (χ3v) is 3.63. The minimum absolute atomic E-state index is 0.401. The molecule has 114 valence electrons. The lowest BCUT2D eigenvalue weighted by atomic mass is 10.1. The van der Waals surface area contributed by atoms with Gasteiger partial charge in [-0.05, 0) is 30.0 Å². The van der Waals surface area contributed by atoms with Crippen molar-refractivity contribution in [2.45, 2.75) is 6.92 Å². The topological polar surface area (TPSA) is 84.5 Å². The number of hydrogen-bond donors (Lipinski definition) is 2. The molecule has 1 heterocycles. The quantitative estimate of drug-likeness (QED) is 0.663. The van der Waals surface area contributed by atoms with Crippen LogP contribution in [0.15, 0.2) is 41.8 Å². The van der Waals surface area contributed by atoms with Gasteiger partial charge in [0.2, 0.25) is 0 Å². The second-order valence-electron chi connectivity index (χ2n) is 4.37. The lowest BCUT2D eigenvalue weighted by molar-refractivity contribution is -0.125.